The van der Waals surface area contributed by atoms with Gasteiger partial charge in [0.05, 0.1) is 0 Å². The van der Waals surface area contributed by atoms with Crippen LogP contribution in [0.15, 0.2) is 12.1 Å². The van der Waals surface area contributed by atoms with Crippen LogP contribution in [0.2, 0.25) is 0 Å². The highest BCUT2D eigenvalue weighted by molar-refractivity contribution is 5.76. The molecular weight excluding hydrogens is 245 g/mol. The molecule has 3 nitrogen and oxygen atoms in total. The molecule has 4 heteroatoms. The highest BCUT2D eigenvalue weighted by atomic mass is 19.1. The maximum absolute atomic E-state index is 13.9. The first-order valence-corrected chi connectivity index (χ1v) is 6.34. The Kier molecular flexibility index (Phi) is 4.69. The van der Waals surface area contributed by atoms with Gasteiger partial charge >= 0.3 is 5.97 Å². The molecule has 0 aliphatic rings. The number of hydrogen-bond donors (Lipinski definition) is 1. The summed E-state index contributed by atoms with van der Waals surface area (Å²) >= 11 is 0. The lowest BCUT2D eigenvalue weighted by atomic mass is 9.98. The van der Waals surface area contributed by atoms with E-state index in [0.29, 0.717) is 5.56 Å². The van der Waals surface area contributed by atoms with Gasteiger partial charge in [-0.3, -0.25) is 4.79 Å². The van der Waals surface area contributed by atoms with E-state index in [2.05, 4.69) is 0 Å². The van der Waals surface area contributed by atoms with Crippen LogP contribution < -0.4 is 5.73 Å². The maximum Gasteiger partial charge on any atom is 0.323 e. The number of benzene rings is 1. The monoisotopic (exact) mass is 267 g/mol. The smallest absolute Gasteiger partial charge is 0.323 e. The number of carbonyl (C=O) groups is 1. The molecule has 0 amide bonds. The van der Waals surface area contributed by atoms with Gasteiger partial charge in [0.2, 0.25) is 0 Å². The van der Waals surface area contributed by atoms with Gasteiger partial charge in [0.1, 0.15) is 17.5 Å². The number of hydrogen-bond acceptors (Lipinski definition) is 3. The van der Waals surface area contributed by atoms with Crippen LogP contribution in [0.3, 0.4) is 0 Å². The lowest BCUT2D eigenvalue weighted by Crippen LogP contribution is -2.39. The Morgan fingerprint density at radius 3 is 2.42 bits per heavy atom. The van der Waals surface area contributed by atoms with Crippen LogP contribution in [0.25, 0.3) is 0 Å². The molecule has 1 unspecified atom stereocenters. The van der Waals surface area contributed by atoms with Gasteiger partial charge in [0.15, 0.2) is 0 Å². The van der Waals surface area contributed by atoms with Gasteiger partial charge < -0.3 is 10.5 Å². The zero-order valence-corrected chi connectivity index (χ0v) is 12.2. The Morgan fingerprint density at radius 1 is 1.37 bits per heavy atom. The lowest BCUT2D eigenvalue weighted by molar-refractivity contribution is -0.156. The number of rotatable bonds is 3. The zero-order chi connectivity index (χ0) is 14.8. The SMILES string of the molecule is Cc1cc(C)c(CC(N)C(=O)OC(C)(C)C)c(F)c1. The van der Waals surface area contributed by atoms with Crippen molar-refractivity contribution < 1.29 is 13.9 Å². The first-order valence-electron chi connectivity index (χ1n) is 6.34. The first kappa shape index (κ1) is 15.6. The number of esters is 1. The minimum absolute atomic E-state index is 0.146. The summed E-state index contributed by atoms with van der Waals surface area (Å²) in [7, 11) is 0. The Labute approximate surface area is 113 Å². The molecule has 1 atom stereocenters. The molecule has 1 rings (SSSR count). The second-order valence-electron chi connectivity index (χ2n) is 5.89. The highest BCUT2D eigenvalue weighted by Gasteiger charge is 2.23. The minimum atomic E-state index is -0.852. The van der Waals surface area contributed by atoms with Crippen LogP contribution in [-0.4, -0.2) is 17.6 Å². The molecule has 0 spiro atoms. The van der Waals surface area contributed by atoms with Gasteiger partial charge in [0, 0.05) is 6.42 Å². The van der Waals surface area contributed by atoms with Crippen molar-refractivity contribution in [3.8, 4) is 0 Å². The molecular formula is C15H22FNO2. The van der Waals surface area contributed by atoms with Gasteiger partial charge in [-0.05, 0) is 57.4 Å². The summed E-state index contributed by atoms with van der Waals surface area (Å²) in [6.07, 6.45) is 0.146. The van der Waals surface area contributed by atoms with Gasteiger partial charge in [-0.2, -0.15) is 0 Å². The van der Waals surface area contributed by atoms with E-state index in [1.54, 1.807) is 20.8 Å². The number of ether oxygens (including phenoxy) is 1. The van der Waals surface area contributed by atoms with E-state index in [1.807, 2.05) is 19.9 Å². The molecule has 19 heavy (non-hydrogen) atoms. The van der Waals surface area contributed by atoms with Crippen LogP contribution in [0, 0.1) is 19.7 Å². The molecule has 0 aliphatic carbocycles. The van der Waals surface area contributed by atoms with Gasteiger partial charge in [-0.1, -0.05) is 6.07 Å². The molecule has 0 heterocycles. The molecule has 106 valence electrons. The zero-order valence-electron chi connectivity index (χ0n) is 12.2. The predicted octanol–water partition coefficient (Wildman–Crippen LogP) is 2.65. The van der Waals surface area contributed by atoms with E-state index < -0.39 is 17.6 Å². The number of carbonyl (C=O) groups excluding carboxylic acids is 1. The van der Waals surface area contributed by atoms with E-state index in [9.17, 15) is 9.18 Å². The molecule has 0 bridgehead atoms. The average Bonchev–Trinajstić information content (AvgIpc) is 2.20. The number of aryl methyl sites for hydroxylation is 2. The van der Waals surface area contributed by atoms with Crippen LogP contribution in [0.1, 0.15) is 37.5 Å². The average molecular weight is 267 g/mol. The Hall–Kier alpha value is -1.42. The third-order valence-electron chi connectivity index (χ3n) is 2.70. The van der Waals surface area contributed by atoms with E-state index in [0.717, 1.165) is 11.1 Å². The third kappa shape index (κ3) is 4.63. The van der Waals surface area contributed by atoms with E-state index >= 15 is 0 Å². The molecule has 2 N–H and O–H groups in total. The van der Waals surface area contributed by atoms with Crippen molar-refractivity contribution in [3.05, 3.63) is 34.6 Å². The van der Waals surface area contributed by atoms with Crippen LogP contribution in [0.4, 0.5) is 4.39 Å². The van der Waals surface area contributed by atoms with Crippen molar-refractivity contribution in [3.63, 3.8) is 0 Å². The fourth-order valence-corrected chi connectivity index (χ4v) is 1.88. The molecule has 0 saturated carbocycles. The summed E-state index contributed by atoms with van der Waals surface area (Å²) in [5.74, 6) is -0.830. The maximum atomic E-state index is 13.9. The van der Waals surface area contributed by atoms with Crippen molar-refractivity contribution in [2.24, 2.45) is 5.73 Å². The molecule has 0 radical (unpaired) electrons. The molecule has 0 fully saturated rings. The van der Waals surface area contributed by atoms with E-state index in [4.69, 9.17) is 10.5 Å². The summed E-state index contributed by atoms with van der Waals surface area (Å²) in [6, 6.07) is 2.47. The molecule has 0 saturated heterocycles. The lowest BCUT2D eigenvalue weighted by Gasteiger charge is -2.22. The minimum Gasteiger partial charge on any atom is -0.459 e. The van der Waals surface area contributed by atoms with Gasteiger partial charge in [-0.15, -0.1) is 0 Å². The van der Waals surface area contributed by atoms with Crippen molar-refractivity contribution in [1.29, 1.82) is 0 Å². The summed E-state index contributed by atoms with van der Waals surface area (Å²) in [5.41, 5.74) is 7.33. The van der Waals surface area contributed by atoms with E-state index in [-0.39, 0.29) is 12.2 Å². The van der Waals surface area contributed by atoms with Crippen molar-refractivity contribution in [1.82, 2.24) is 0 Å². The van der Waals surface area contributed by atoms with Crippen molar-refractivity contribution in [2.45, 2.75) is 52.7 Å². The fourth-order valence-electron chi connectivity index (χ4n) is 1.88. The summed E-state index contributed by atoms with van der Waals surface area (Å²) in [5, 5.41) is 0. The fraction of sp³-hybridized carbons (Fsp3) is 0.533. The third-order valence-corrected chi connectivity index (χ3v) is 2.70. The van der Waals surface area contributed by atoms with Crippen molar-refractivity contribution in [2.75, 3.05) is 0 Å². The van der Waals surface area contributed by atoms with Crippen LogP contribution in [0.5, 0.6) is 0 Å². The van der Waals surface area contributed by atoms with Crippen LogP contribution in [-0.2, 0) is 16.0 Å². The molecule has 0 aromatic heterocycles. The van der Waals surface area contributed by atoms with Crippen molar-refractivity contribution >= 4 is 5.97 Å². The topological polar surface area (TPSA) is 52.3 Å². The number of nitrogens with two attached hydrogens (primary N) is 1. The van der Waals surface area contributed by atoms with E-state index in [1.165, 1.54) is 6.07 Å². The normalized spacial score (nSPS) is 13.2. The first-order chi connectivity index (χ1) is 8.60. The largest absolute Gasteiger partial charge is 0.459 e. The second kappa shape index (κ2) is 5.70. The van der Waals surface area contributed by atoms with Crippen LogP contribution >= 0.6 is 0 Å². The molecule has 0 aliphatic heterocycles. The Morgan fingerprint density at radius 2 is 1.95 bits per heavy atom. The summed E-state index contributed by atoms with van der Waals surface area (Å²) in [4.78, 5) is 11.8. The standard InChI is InChI=1S/C15H22FNO2/c1-9-6-10(2)11(12(16)7-9)8-13(17)14(18)19-15(3,4)5/h6-7,13H,8,17H2,1-5H3. The van der Waals surface area contributed by atoms with Gasteiger partial charge in [-0.25, -0.2) is 4.39 Å². The molecule has 1 aromatic rings. The highest BCUT2D eigenvalue weighted by Crippen LogP contribution is 2.18. The predicted molar refractivity (Wildman–Crippen MR) is 73.4 cm³/mol. The quantitative estimate of drug-likeness (QED) is 0.857. The summed E-state index contributed by atoms with van der Waals surface area (Å²) < 4.78 is 19.1. The Balaban J connectivity index is 2.83. The second-order valence-corrected chi connectivity index (χ2v) is 5.89. The molecule has 1 aromatic carbocycles. The Bertz CT molecular complexity index is 455. The van der Waals surface area contributed by atoms with Gasteiger partial charge in [0.25, 0.3) is 0 Å². The summed E-state index contributed by atoms with van der Waals surface area (Å²) in [6.45, 7) is 8.96. The number of halogens is 1.